The lowest BCUT2D eigenvalue weighted by Gasteiger charge is -2.24. The van der Waals surface area contributed by atoms with Crippen molar-refractivity contribution in [1.82, 2.24) is 0 Å². The van der Waals surface area contributed by atoms with E-state index in [2.05, 4.69) is 41.5 Å². The summed E-state index contributed by atoms with van der Waals surface area (Å²) in [5, 5.41) is 3.56. The van der Waals surface area contributed by atoms with Gasteiger partial charge in [0.25, 0.3) is 0 Å². The Labute approximate surface area is 84.1 Å². The zero-order valence-corrected chi connectivity index (χ0v) is 8.33. The predicted molar refractivity (Wildman–Crippen MR) is 59.2 cm³/mol. The van der Waals surface area contributed by atoms with Crippen LogP contribution in [-0.4, -0.2) is 18.3 Å². The number of fused-ring (bicyclic) bond motifs is 3. The van der Waals surface area contributed by atoms with Crippen molar-refractivity contribution < 1.29 is 0 Å². The first-order valence-electron chi connectivity index (χ1n) is 5.22. The highest BCUT2D eigenvalue weighted by Gasteiger charge is 2.34. The molecule has 2 aliphatic heterocycles. The molecule has 0 spiro atoms. The Morgan fingerprint density at radius 3 is 3.14 bits per heavy atom. The monoisotopic (exact) mass is 186 g/mol. The lowest BCUT2D eigenvalue weighted by Crippen LogP contribution is -2.32. The van der Waals surface area contributed by atoms with Crippen molar-refractivity contribution in [3.05, 3.63) is 29.8 Å². The summed E-state index contributed by atoms with van der Waals surface area (Å²) < 4.78 is 0. The first-order valence-corrected chi connectivity index (χ1v) is 5.22. The van der Waals surface area contributed by atoms with Crippen molar-refractivity contribution in [3.8, 4) is 0 Å². The molecule has 0 saturated carbocycles. The summed E-state index contributed by atoms with van der Waals surface area (Å²) in [6.45, 7) is 3.12. The number of rotatable bonds is 0. The zero-order chi connectivity index (χ0) is 9.54. The molecule has 0 aliphatic carbocycles. The van der Waals surface area contributed by atoms with Crippen LogP contribution in [0.5, 0.6) is 0 Å². The van der Waals surface area contributed by atoms with Crippen LogP contribution in [0.2, 0.25) is 0 Å². The molecule has 0 radical (unpaired) electrons. The smallest absolute Gasteiger partial charge is 0.0708 e. The van der Waals surface area contributed by atoms with Gasteiger partial charge in [-0.2, -0.15) is 0 Å². The third-order valence-electron chi connectivity index (χ3n) is 3.33. The molecule has 3 rings (SSSR count). The number of nitrogens with one attached hydrogen (secondary N) is 1. The summed E-state index contributed by atoms with van der Waals surface area (Å²) in [5.74, 6) is 0.656. The van der Waals surface area contributed by atoms with Gasteiger partial charge in [0.2, 0.25) is 0 Å². The highest BCUT2D eigenvalue weighted by Crippen LogP contribution is 2.39. The van der Waals surface area contributed by atoms with Gasteiger partial charge in [-0.3, -0.25) is 4.99 Å². The summed E-state index contributed by atoms with van der Waals surface area (Å²) in [6.07, 6.45) is 1.19. The molecule has 2 unspecified atom stereocenters. The number of nitrogens with zero attached hydrogens (tertiary/aromatic N) is 1. The SMILES string of the molecule is CC1=NCCC2c3ccccc3NC12. The van der Waals surface area contributed by atoms with Crippen LogP contribution in [-0.2, 0) is 0 Å². The van der Waals surface area contributed by atoms with Gasteiger partial charge in [-0.05, 0) is 25.0 Å². The third-order valence-corrected chi connectivity index (χ3v) is 3.33. The molecular weight excluding hydrogens is 172 g/mol. The van der Waals surface area contributed by atoms with E-state index in [1.165, 1.54) is 23.4 Å². The number of anilines is 1. The van der Waals surface area contributed by atoms with Gasteiger partial charge in [-0.15, -0.1) is 0 Å². The number of benzene rings is 1. The fraction of sp³-hybridized carbons (Fsp3) is 0.417. The minimum absolute atomic E-state index is 0.459. The first-order chi connectivity index (χ1) is 6.86. The molecule has 14 heavy (non-hydrogen) atoms. The molecule has 0 aromatic heterocycles. The minimum atomic E-state index is 0.459. The summed E-state index contributed by atoms with van der Waals surface area (Å²) >= 11 is 0. The van der Waals surface area contributed by atoms with Crippen LogP contribution >= 0.6 is 0 Å². The lowest BCUT2D eigenvalue weighted by molar-refractivity contribution is 0.612. The Morgan fingerprint density at radius 1 is 1.36 bits per heavy atom. The maximum atomic E-state index is 4.51. The highest BCUT2D eigenvalue weighted by atomic mass is 15.0. The van der Waals surface area contributed by atoms with Gasteiger partial charge >= 0.3 is 0 Å². The van der Waals surface area contributed by atoms with Crippen LogP contribution in [0.3, 0.4) is 0 Å². The van der Waals surface area contributed by atoms with Crippen molar-refractivity contribution >= 4 is 11.4 Å². The number of hydrogen-bond donors (Lipinski definition) is 1. The zero-order valence-electron chi connectivity index (χ0n) is 8.33. The molecule has 2 atom stereocenters. The highest BCUT2D eigenvalue weighted by molar-refractivity contribution is 5.93. The van der Waals surface area contributed by atoms with E-state index in [9.17, 15) is 0 Å². The van der Waals surface area contributed by atoms with E-state index in [1.54, 1.807) is 0 Å². The van der Waals surface area contributed by atoms with Crippen LogP contribution in [0, 0.1) is 0 Å². The molecular formula is C12H14N2. The molecule has 0 amide bonds. The number of para-hydroxylation sites is 1. The van der Waals surface area contributed by atoms with Gasteiger partial charge in [0.1, 0.15) is 0 Å². The first kappa shape index (κ1) is 8.04. The van der Waals surface area contributed by atoms with Gasteiger partial charge in [0.15, 0.2) is 0 Å². The number of hydrogen-bond acceptors (Lipinski definition) is 2. The Morgan fingerprint density at radius 2 is 2.21 bits per heavy atom. The van der Waals surface area contributed by atoms with Crippen molar-refractivity contribution in [1.29, 1.82) is 0 Å². The molecule has 1 N–H and O–H groups in total. The summed E-state index contributed by atoms with van der Waals surface area (Å²) in [5.41, 5.74) is 4.04. The van der Waals surface area contributed by atoms with Crippen LogP contribution < -0.4 is 5.32 Å². The topological polar surface area (TPSA) is 24.4 Å². The molecule has 0 bridgehead atoms. The van der Waals surface area contributed by atoms with Crippen LogP contribution in [0.25, 0.3) is 0 Å². The minimum Gasteiger partial charge on any atom is -0.376 e. The van der Waals surface area contributed by atoms with E-state index in [4.69, 9.17) is 0 Å². The fourth-order valence-corrected chi connectivity index (χ4v) is 2.60. The molecule has 2 heteroatoms. The van der Waals surface area contributed by atoms with Crippen LogP contribution in [0.15, 0.2) is 29.3 Å². The largest absolute Gasteiger partial charge is 0.376 e. The van der Waals surface area contributed by atoms with Crippen LogP contribution in [0.4, 0.5) is 5.69 Å². The van der Waals surface area contributed by atoms with Gasteiger partial charge in [-0.25, -0.2) is 0 Å². The summed E-state index contributed by atoms with van der Waals surface area (Å²) in [7, 11) is 0. The van der Waals surface area contributed by atoms with E-state index >= 15 is 0 Å². The second-order valence-corrected chi connectivity index (χ2v) is 4.13. The van der Waals surface area contributed by atoms with E-state index in [1.807, 2.05) is 0 Å². The van der Waals surface area contributed by atoms with Crippen molar-refractivity contribution in [2.75, 3.05) is 11.9 Å². The molecule has 0 fully saturated rings. The Bertz CT molecular complexity index is 395. The molecule has 2 aliphatic rings. The Kier molecular flexibility index (Phi) is 1.63. The molecule has 0 saturated heterocycles. The van der Waals surface area contributed by atoms with Crippen molar-refractivity contribution in [2.45, 2.75) is 25.3 Å². The molecule has 1 aromatic rings. The maximum absolute atomic E-state index is 4.51. The van der Waals surface area contributed by atoms with Crippen molar-refractivity contribution in [2.24, 2.45) is 4.99 Å². The van der Waals surface area contributed by atoms with Gasteiger partial charge in [0.05, 0.1) is 6.04 Å². The normalized spacial score (nSPS) is 28.8. The average molecular weight is 186 g/mol. The van der Waals surface area contributed by atoms with Crippen molar-refractivity contribution in [3.63, 3.8) is 0 Å². The lowest BCUT2D eigenvalue weighted by atomic mass is 9.88. The fourth-order valence-electron chi connectivity index (χ4n) is 2.60. The van der Waals surface area contributed by atoms with E-state index in [0.29, 0.717) is 12.0 Å². The summed E-state index contributed by atoms with van der Waals surface area (Å²) in [6, 6.07) is 9.09. The predicted octanol–water partition coefficient (Wildman–Crippen LogP) is 2.43. The number of aliphatic imine (C=N–C) groups is 1. The second kappa shape index (κ2) is 2.84. The molecule has 2 nitrogen and oxygen atoms in total. The molecule has 72 valence electrons. The quantitative estimate of drug-likeness (QED) is 0.661. The van der Waals surface area contributed by atoms with E-state index < -0.39 is 0 Å². The Hall–Kier alpha value is -1.31. The second-order valence-electron chi connectivity index (χ2n) is 4.13. The van der Waals surface area contributed by atoms with Gasteiger partial charge in [-0.1, -0.05) is 18.2 Å². The van der Waals surface area contributed by atoms with Gasteiger partial charge in [0, 0.05) is 23.9 Å². The molecule has 1 aromatic carbocycles. The molecule has 2 heterocycles. The maximum Gasteiger partial charge on any atom is 0.0708 e. The summed E-state index contributed by atoms with van der Waals surface area (Å²) in [4.78, 5) is 4.51. The standard InChI is InChI=1S/C12H14N2/c1-8-12-10(6-7-13-8)9-4-2-3-5-11(9)14-12/h2-5,10,12,14H,6-7H2,1H3. The Balaban J connectivity index is 2.07. The third kappa shape index (κ3) is 0.999. The van der Waals surface area contributed by atoms with E-state index in [0.717, 1.165) is 6.54 Å². The van der Waals surface area contributed by atoms with Crippen LogP contribution in [0.1, 0.15) is 24.8 Å². The average Bonchev–Trinajstić information content (AvgIpc) is 2.59. The van der Waals surface area contributed by atoms with Gasteiger partial charge < -0.3 is 5.32 Å². The van der Waals surface area contributed by atoms with E-state index in [-0.39, 0.29) is 0 Å².